The van der Waals surface area contributed by atoms with Crippen molar-refractivity contribution in [2.45, 2.75) is 38.5 Å². The zero-order chi connectivity index (χ0) is 20.7. The smallest absolute Gasteiger partial charge is 0.306 e. The van der Waals surface area contributed by atoms with Gasteiger partial charge in [-0.15, -0.1) is 0 Å². The summed E-state index contributed by atoms with van der Waals surface area (Å²) in [5, 5.41) is 0. The number of anilines is 1. The van der Waals surface area contributed by atoms with E-state index in [1.165, 1.54) is 23.9 Å². The molecule has 156 valence electrons. The standard InChI is InChI=1S/C25H34N2O2/c1-21-10-7-8-13-23(21)27-18-16-26(17-19-27)15-9-14-25(2,20-24(28)29-3)22-11-5-4-6-12-22/h4-8,10-13H,9,14-20H2,1-3H3. The van der Waals surface area contributed by atoms with Crippen LogP contribution in [0.4, 0.5) is 5.69 Å². The van der Waals surface area contributed by atoms with Gasteiger partial charge in [-0.3, -0.25) is 9.69 Å². The van der Waals surface area contributed by atoms with E-state index in [2.05, 4.69) is 72.2 Å². The van der Waals surface area contributed by atoms with Crippen molar-refractivity contribution in [3.05, 3.63) is 65.7 Å². The third-order valence-electron chi connectivity index (χ3n) is 6.26. The Morgan fingerprint density at radius 2 is 1.66 bits per heavy atom. The monoisotopic (exact) mass is 394 g/mol. The van der Waals surface area contributed by atoms with Crippen molar-refractivity contribution in [3.63, 3.8) is 0 Å². The van der Waals surface area contributed by atoms with E-state index in [-0.39, 0.29) is 11.4 Å². The first-order valence-corrected chi connectivity index (χ1v) is 10.7. The van der Waals surface area contributed by atoms with Gasteiger partial charge < -0.3 is 9.64 Å². The minimum absolute atomic E-state index is 0.136. The first-order valence-electron chi connectivity index (χ1n) is 10.7. The molecule has 0 N–H and O–H groups in total. The number of carbonyl (C=O) groups is 1. The zero-order valence-corrected chi connectivity index (χ0v) is 18.1. The number of benzene rings is 2. The van der Waals surface area contributed by atoms with Crippen molar-refractivity contribution in [2.24, 2.45) is 0 Å². The van der Waals surface area contributed by atoms with E-state index in [1.807, 2.05) is 6.07 Å². The summed E-state index contributed by atoms with van der Waals surface area (Å²) in [4.78, 5) is 17.1. The Bertz CT molecular complexity index is 784. The van der Waals surface area contributed by atoms with E-state index in [4.69, 9.17) is 4.74 Å². The largest absolute Gasteiger partial charge is 0.469 e. The first kappa shape index (κ1) is 21.4. The highest BCUT2D eigenvalue weighted by molar-refractivity contribution is 5.71. The topological polar surface area (TPSA) is 32.8 Å². The predicted octanol–water partition coefficient (Wildman–Crippen LogP) is 4.42. The summed E-state index contributed by atoms with van der Waals surface area (Å²) in [6.45, 7) is 9.78. The molecule has 1 fully saturated rings. The summed E-state index contributed by atoms with van der Waals surface area (Å²) in [5.41, 5.74) is 3.75. The van der Waals surface area contributed by atoms with Gasteiger partial charge in [-0.05, 0) is 43.5 Å². The number of piperazine rings is 1. The van der Waals surface area contributed by atoms with Crippen LogP contribution in [-0.2, 0) is 14.9 Å². The number of hydrogen-bond acceptors (Lipinski definition) is 4. The third-order valence-corrected chi connectivity index (χ3v) is 6.26. The minimum atomic E-state index is -0.183. The van der Waals surface area contributed by atoms with Crippen LogP contribution in [0.3, 0.4) is 0 Å². The number of para-hydroxylation sites is 1. The maximum Gasteiger partial charge on any atom is 0.306 e. The molecule has 0 bridgehead atoms. The molecule has 1 unspecified atom stereocenters. The zero-order valence-electron chi connectivity index (χ0n) is 18.1. The summed E-state index contributed by atoms with van der Waals surface area (Å²) in [6.07, 6.45) is 2.48. The van der Waals surface area contributed by atoms with Crippen molar-refractivity contribution in [1.29, 1.82) is 0 Å². The molecule has 4 heteroatoms. The van der Waals surface area contributed by atoms with E-state index < -0.39 is 0 Å². The Labute approximate surface area is 175 Å². The van der Waals surface area contributed by atoms with Gasteiger partial charge >= 0.3 is 5.97 Å². The molecule has 4 nitrogen and oxygen atoms in total. The maximum absolute atomic E-state index is 12.0. The van der Waals surface area contributed by atoms with Gasteiger partial charge in [0.05, 0.1) is 13.5 Å². The predicted molar refractivity (Wildman–Crippen MR) is 119 cm³/mol. The van der Waals surface area contributed by atoms with E-state index in [9.17, 15) is 4.79 Å². The van der Waals surface area contributed by atoms with Gasteiger partial charge in [0.25, 0.3) is 0 Å². The lowest BCUT2D eigenvalue weighted by Gasteiger charge is -2.37. The van der Waals surface area contributed by atoms with E-state index >= 15 is 0 Å². The number of rotatable bonds is 8. The summed E-state index contributed by atoms with van der Waals surface area (Å²) >= 11 is 0. The molecule has 1 saturated heterocycles. The average Bonchev–Trinajstić information content (AvgIpc) is 2.75. The van der Waals surface area contributed by atoms with Crippen molar-refractivity contribution >= 4 is 11.7 Å². The van der Waals surface area contributed by atoms with Crippen LogP contribution < -0.4 is 4.90 Å². The van der Waals surface area contributed by atoms with Crippen LogP contribution in [-0.4, -0.2) is 50.7 Å². The summed E-state index contributed by atoms with van der Waals surface area (Å²) in [6, 6.07) is 19.0. The average molecular weight is 395 g/mol. The fourth-order valence-electron chi connectivity index (χ4n) is 4.39. The number of aryl methyl sites for hydroxylation is 1. The maximum atomic E-state index is 12.0. The van der Waals surface area contributed by atoms with Gasteiger partial charge in [0, 0.05) is 37.3 Å². The highest BCUT2D eigenvalue weighted by Gasteiger charge is 2.30. The molecule has 1 atom stereocenters. The van der Waals surface area contributed by atoms with Gasteiger partial charge in [0.15, 0.2) is 0 Å². The first-order chi connectivity index (χ1) is 14.0. The number of methoxy groups -OCH3 is 1. The lowest BCUT2D eigenvalue weighted by Crippen LogP contribution is -2.47. The summed E-state index contributed by atoms with van der Waals surface area (Å²) in [7, 11) is 1.47. The van der Waals surface area contributed by atoms with Crippen molar-refractivity contribution in [2.75, 3.05) is 44.7 Å². The molecule has 29 heavy (non-hydrogen) atoms. The van der Waals surface area contributed by atoms with E-state index in [0.29, 0.717) is 6.42 Å². The summed E-state index contributed by atoms with van der Waals surface area (Å²) in [5.74, 6) is -0.136. The second-order valence-corrected chi connectivity index (χ2v) is 8.40. The lowest BCUT2D eigenvalue weighted by atomic mass is 9.76. The molecule has 0 aromatic heterocycles. The molecular formula is C25H34N2O2. The highest BCUT2D eigenvalue weighted by Crippen LogP contribution is 2.33. The molecule has 0 saturated carbocycles. The Kier molecular flexibility index (Phi) is 7.32. The fourth-order valence-corrected chi connectivity index (χ4v) is 4.39. The number of ether oxygens (including phenoxy) is 1. The van der Waals surface area contributed by atoms with Crippen LogP contribution >= 0.6 is 0 Å². The van der Waals surface area contributed by atoms with E-state index in [0.717, 1.165) is 45.6 Å². The molecule has 2 aromatic carbocycles. The summed E-state index contributed by atoms with van der Waals surface area (Å²) < 4.78 is 4.97. The fraction of sp³-hybridized carbons (Fsp3) is 0.480. The van der Waals surface area contributed by atoms with Crippen LogP contribution in [0.2, 0.25) is 0 Å². The Balaban J connectivity index is 1.53. The molecule has 3 rings (SSSR count). The Morgan fingerprint density at radius 3 is 2.31 bits per heavy atom. The van der Waals surface area contributed by atoms with Gasteiger partial charge in [-0.25, -0.2) is 0 Å². The van der Waals surface area contributed by atoms with Crippen molar-refractivity contribution in [3.8, 4) is 0 Å². The molecule has 0 spiro atoms. The van der Waals surface area contributed by atoms with Crippen molar-refractivity contribution < 1.29 is 9.53 Å². The highest BCUT2D eigenvalue weighted by atomic mass is 16.5. The molecule has 0 aliphatic carbocycles. The van der Waals surface area contributed by atoms with Crippen LogP contribution in [0.5, 0.6) is 0 Å². The number of hydrogen-bond donors (Lipinski definition) is 0. The molecule has 0 radical (unpaired) electrons. The number of carbonyl (C=O) groups excluding carboxylic acids is 1. The molecule has 1 heterocycles. The number of esters is 1. The van der Waals surface area contributed by atoms with Gasteiger partial charge in [-0.2, -0.15) is 0 Å². The molecule has 2 aromatic rings. The Morgan fingerprint density at radius 1 is 1.00 bits per heavy atom. The molecule has 1 aliphatic rings. The quantitative estimate of drug-likeness (QED) is 0.621. The van der Waals surface area contributed by atoms with Gasteiger partial charge in [-0.1, -0.05) is 55.5 Å². The number of nitrogens with zero attached hydrogens (tertiary/aromatic N) is 2. The van der Waals surface area contributed by atoms with Crippen LogP contribution in [0.1, 0.15) is 37.3 Å². The third kappa shape index (κ3) is 5.60. The molecule has 0 amide bonds. The lowest BCUT2D eigenvalue weighted by molar-refractivity contribution is -0.142. The second-order valence-electron chi connectivity index (χ2n) is 8.40. The second kappa shape index (κ2) is 9.93. The van der Waals surface area contributed by atoms with Crippen molar-refractivity contribution in [1.82, 2.24) is 4.90 Å². The van der Waals surface area contributed by atoms with Gasteiger partial charge in [0.2, 0.25) is 0 Å². The van der Waals surface area contributed by atoms with Crippen LogP contribution in [0.15, 0.2) is 54.6 Å². The molecular weight excluding hydrogens is 360 g/mol. The SMILES string of the molecule is COC(=O)CC(C)(CCCN1CCN(c2ccccc2C)CC1)c1ccccc1. The van der Waals surface area contributed by atoms with E-state index in [1.54, 1.807) is 0 Å². The van der Waals surface area contributed by atoms with Gasteiger partial charge in [0.1, 0.15) is 0 Å². The minimum Gasteiger partial charge on any atom is -0.469 e. The molecule has 1 aliphatic heterocycles. The Hall–Kier alpha value is -2.33. The van der Waals surface area contributed by atoms with Crippen LogP contribution in [0.25, 0.3) is 0 Å². The van der Waals surface area contributed by atoms with Crippen LogP contribution in [0, 0.1) is 6.92 Å². The normalized spacial score (nSPS) is 17.0.